The van der Waals surface area contributed by atoms with Crippen molar-refractivity contribution in [1.29, 1.82) is 0 Å². The van der Waals surface area contributed by atoms with Gasteiger partial charge in [-0.15, -0.1) is 12.4 Å². The van der Waals surface area contributed by atoms with E-state index in [0.717, 1.165) is 52.0 Å². The fourth-order valence-electron chi connectivity index (χ4n) is 2.23. The maximum Gasteiger partial charge on any atom is 0.222 e. The topological polar surface area (TPSA) is 64.8 Å². The molecule has 1 fully saturated rings. The normalized spacial score (nSPS) is 16.0. The molecule has 0 aromatic carbocycles. The molecule has 1 heterocycles. The van der Waals surface area contributed by atoms with Crippen LogP contribution in [-0.4, -0.2) is 56.4 Å². The van der Waals surface area contributed by atoms with Crippen molar-refractivity contribution in [2.45, 2.75) is 45.1 Å². The summed E-state index contributed by atoms with van der Waals surface area (Å²) in [5.41, 5.74) is 5.43. The van der Waals surface area contributed by atoms with Gasteiger partial charge in [-0.05, 0) is 39.2 Å². The quantitative estimate of drug-likeness (QED) is 0.657. The Labute approximate surface area is 128 Å². The number of carbonyl (C=O) groups excluding carboxylic acids is 1. The van der Waals surface area contributed by atoms with Gasteiger partial charge in [-0.25, -0.2) is 0 Å². The molecule has 0 bridgehead atoms. The zero-order valence-electron chi connectivity index (χ0n) is 12.5. The van der Waals surface area contributed by atoms with Gasteiger partial charge in [-0.1, -0.05) is 0 Å². The summed E-state index contributed by atoms with van der Waals surface area (Å²) in [6.45, 7) is 6.43. The number of ether oxygens (including phenoxy) is 2. The molecule has 1 aliphatic rings. The van der Waals surface area contributed by atoms with E-state index in [1.54, 1.807) is 0 Å². The van der Waals surface area contributed by atoms with Gasteiger partial charge in [0, 0.05) is 39.3 Å². The molecule has 1 aliphatic heterocycles. The molecular formula is C14H29ClN2O3. The maximum atomic E-state index is 11.9. The average molecular weight is 309 g/mol. The first-order chi connectivity index (χ1) is 9.27. The Morgan fingerprint density at radius 1 is 1.25 bits per heavy atom. The summed E-state index contributed by atoms with van der Waals surface area (Å²) in [7, 11) is 0. The van der Waals surface area contributed by atoms with Gasteiger partial charge in [0.25, 0.3) is 0 Å². The zero-order valence-corrected chi connectivity index (χ0v) is 13.3. The van der Waals surface area contributed by atoms with Crippen LogP contribution in [0.25, 0.3) is 0 Å². The molecule has 5 nitrogen and oxygen atoms in total. The molecule has 0 spiro atoms. The number of hydrogen-bond donors (Lipinski definition) is 1. The molecule has 20 heavy (non-hydrogen) atoms. The minimum Gasteiger partial charge on any atom is -0.382 e. The third-order valence-electron chi connectivity index (χ3n) is 3.38. The Balaban J connectivity index is 0.00000361. The molecule has 0 aromatic heterocycles. The first-order valence-electron chi connectivity index (χ1n) is 7.45. The van der Waals surface area contributed by atoms with Crippen molar-refractivity contribution >= 4 is 18.3 Å². The van der Waals surface area contributed by atoms with E-state index in [0.29, 0.717) is 25.7 Å². The third kappa shape index (κ3) is 8.04. The summed E-state index contributed by atoms with van der Waals surface area (Å²) < 4.78 is 11.0. The molecule has 1 rings (SSSR count). The van der Waals surface area contributed by atoms with Gasteiger partial charge >= 0.3 is 0 Å². The lowest BCUT2D eigenvalue weighted by Crippen LogP contribution is -2.41. The van der Waals surface area contributed by atoms with Crippen LogP contribution < -0.4 is 5.73 Å². The second-order valence-corrected chi connectivity index (χ2v) is 4.89. The Morgan fingerprint density at radius 3 is 2.55 bits per heavy atom. The van der Waals surface area contributed by atoms with E-state index in [4.69, 9.17) is 15.2 Å². The Bertz CT molecular complexity index is 247. The minimum atomic E-state index is 0. The predicted molar refractivity (Wildman–Crippen MR) is 82.2 cm³/mol. The van der Waals surface area contributed by atoms with Crippen LogP contribution in [0.15, 0.2) is 0 Å². The van der Waals surface area contributed by atoms with E-state index in [1.165, 1.54) is 0 Å². The van der Waals surface area contributed by atoms with Gasteiger partial charge in [0.1, 0.15) is 0 Å². The second kappa shape index (κ2) is 12.4. The van der Waals surface area contributed by atoms with Crippen molar-refractivity contribution < 1.29 is 14.3 Å². The number of likely N-dealkylation sites (tertiary alicyclic amines) is 1. The van der Waals surface area contributed by atoms with Crippen molar-refractivity contribution in [1.82, 2.24) is 4.90 Å². The van der Waals surface area contributed by atoms with Crippen molar-refractivity contribution in [3.8, 4) is 0 Å². The number of piperidine rings is 1. The van der Waals surface area contributed by atoms with Crippen molar-refractivity contribution in [2.24, 2.45) is 5.73 Å². The van der Waals surface area contributed by atoms with Crippen molar-refractivity contribution in [3.05, 3.63) is 0 Å². The smallest absolute Gasteiger partial charge is 0.222 e. The van der Waals surface area contributed by atoms with E-state index >= 15 is 0 Å². The SMILES string of the molecule is CCOCCCC(=O)N1CCC(OCCCN)CC1.Cl. The van der Waals surface area contributed by atoms with Crippen LogP contribution in [0, 0.1) is 0 Å². The number of hydrogen-bond acceptors (Lipinski definition) is 4. The van der Waals surface area contributed by atoms with Crippen LogP contribution in [0.3, 0.4) is 0 Å². The highest BCUT2D eigenvalue weighted by molar-refractivity contribution is 5.85. The Kier molecular flexibility index (Phi) is 12.2. The third-order valence-corrected chi connectivity index (χ3v) is 3.38. The van der Waals surface area contributed by atoms with Crippen LogP contribution in [0.1, 0.15) is 39.0 Å². The molecule has 0 aromatic rings. The predicted octanol–water partition coefficient (Wildman–Crippen LogP) is 1.58. The lowest BCUT2D eigenvalue weighted by atomic mass is 10.1. The standard InChI is InChI=1S/C14H28N2O3.ClH/c1-2-18-11-3-5-14(17)16-9-6-13(7-10-16)19-12-4-8-15;/h13H,2-12,15H2,1H3;1H. The van der Waals surface area contributed by atoms with E-state index < -0.39 is 0 Å². The molecule has 0 aliphatic carbocycles. The lowest BCUT2D eigenvalue weighted by molar-refractivity contribution is -0.134. The monoisotopic (exact) mass is 308 g/mol. The van der Waals surface area contributed by atoms with Gasteiger partial charge in [0.05, 0.1) is 6.10 Å². The highest BCUT2D eigenvalue weighted by Crippen LogP contribution is 2.15. The number of amides is 1. The molecule has 6 heteroatoms. The average Bonchev–Trinajstić information content (AvgIpc) is 2.44. The van der Waals surface area contributed by atoms with E-state index in [-0.39, 0.29) is 18.3 Å². The highest BCUT2D eigenvalue weighted by Gasteiger charge is 2.22. The molecule has 0 atom stereocenters. The van der Waals surface area contributed by atoms with Gasteiger partial charge < -0.3 is 20.1 Å². The number of carbonyl (C=O) groups is 1. The molecule has 1 amide bonds. The summed E-state index contributed by atoms with van der Waals surface area (Å²) in [5.74, 6) is 0.250. The first kappa shape index (κ1) is 19.6. The Hall–Kier alpha value is -0.360. The lowest BCUT2D eigenvalue weighted by Gasteiger charge is -2.32. The van der Waals surface area contributed by atoms with Gasteiger partial charge in [-0.2, -0.15) is 0 Å². The summed E-state index contributed by atoms with van der Waals surface area (Å²) in [6.07, 6.45) is 4.53. The second-order valence-electron chi connectivity index (χ2n) is 4.89. The van der Waals surface area contributed by atoms with Crippen molar-refractivity contribution in [3.63, 3.8) is 0 Å². The van der Waals surface area contributed by atoms with E-state index in [9.17, 15) is 4.79 Å². The first-order valence-corrected chi connectivity index (χ1v) is 7.45. The van der Waals surface area contributed by atoms with Crippen LogP contribution >= 0.6 is 12.4 Å². The van der Waals surface area contributed by atoms with Crippen LogP contribution in [0.4, 0.5) is 0 Å². The minimum absolute atomic E-state index is 0. The molecule has 1 saturated heterocycles. The van der Waals surface area contributed by atoms with E-state index in [1.807, 2.05) is 11.8 Å². The summed E-state index contributed by atoms with van der Waals surface area (Å²) in [4.78, 5) is 13.9. The number of rotatable bonds is 9. The summed E-state index contributed by atoms with van der Waals surface area (Å²) in [5, 5.41) is 0. The number of halogens is 1. The molecule has 2 N–H and O–H groups in total. The fraction of sp³-hybridized carbons (Fsp3) is 0.929. The number of nitrogens with two attached hydrogens (primary N) is 1. The number of nitrogens with zero attached hydrogens (tertiary/aromatic N) is 1. The largest absolute Gasteiger partial charge is 0.382 e. The van der Waals surface area contributed by atoms with Gasteiger partial charge in [0.15, 0.2) is 0 Å². The molecule has 0 saturated carbocycles. The van der Waals surface area contributed by atoms with Gasteiger partial charge in [-0.3, -0.25) is 4.79 Å². The van der Waals surface area contributed by atoms with Crippen LogP contribution in [0.2, 0.25) is 0 Å². The summed E-state index contributed by atoms with van der Waals surface area (Å²) >= 11 is 0. The van der Waals surface area contributed by atoms with Crippen LogP contribution in [-0.2, 0) is 14.3 Å². The fourth-order valence-corrected chi connectivity index (χ4v) is 2.23. The molecular weight excluding hydrogens is 280 g/mol. The van der Waals surface area contributed by atoms with Crippen LogP contribution in [0.5, 0.6) is 0 Å². The molecule has 0 radical (unpaired) electrons. The Morgan fingerprint density at radius 2 is 1.95 bits per heavy atom. The zero-order chi connectivity index (χ0) is 13.9. The maximum absolute atomic E-state index is 11.9. The molecule has 0 unspecified atom stereocenters. The molecule has 120 valence electrons. The highest BCUT2D eigenvalue weighted by atomic mass is 35.5. The van der Waals surface area contributed by atoms with E-state index in [2.05, 4.69) is 0 Å². The van der Waals surface area contributed by atoms with Gasteiger partial charge in [0.2, 0.25) is 5.91 Å². The summed E-state index contributed by atoms with van der Waals surface area (Å²) in [6, 6.07) is 0. The van der Waals surface area contributed by atoms with Crippen molar-refractivity contribution in [2.75, 3.05) is 39.5 Å².